The van der Waals surface area contributed by atoms with Crippen LogP contribution < -0.4 is 0 Å². The normalized spacial score (nSPS) is 12.8. The Kier molecular flexibility index (Phi) is 51.9. The Morgan fingerprint density at radius 3 is 0.940 bits per heavy atom. The molecule has 0 radical (unpaired) electrons. The highest BCUT2D eigenvalue weighted by Crippen LogP contribution is 2.14. The van der Waals surface area contributed by atoms with Crippen LogP contribution in [0.25, 0.3) is 0 Å². The molecule has 0 heterocycles. The zero-order valence-corrected chi connectivity index (χ0v) is 43.6. The fourth-order valence-electron chi connectivity index (χ4n) is 7.44. The number of unbranched alkanes of at least 4 members (excludes halogenated alkanes) is 22. The van der Waals surface area contributed by atoms with Gasteiger partial charge in [-0.3, -0.25) is 14.4 Å². The Labute approximate surface area is 413 Å². The molecule has 0 fully saturated rings. The van der Waals surface area contributed by atoms with E-state index in [1.165, 1.54) is 89.9 Å². The Balaban J connectivity index is 4.45. The molecule has 0 saturated heterocycles. The third-order valence-electron chi connectivity index (χ3n) is 11.6. The largest absolute Gasteiger partial charge is 0.462 e. The van der Waals surface area contributed by atoms with Gasteiger partial charge in [0.1, 0.15) is 13.2 Å². The van der Waals surface area contributed by atoms with E-state index in [1.54, 1.807) is 0 Å². The quantitative estimate of drug-likeness (QED) is 0.0262. The van der Waals surface area contributed by atoms with Crippen LogP contribution in [0.4, 0.5) is 0 Å². The van der Waals surface area contributed by atoms with Crippen molar-refractivity contribution in [2.75, 3.05) is 13.2 Å². The van der Waals surface area contributed by atoms with E-state index < -0.39 is 6.10 Å². The van der Waals surface area contributed by atoms with Crippen molar-refractivity contribution >= 4 is 17.9 Å². The minimum absolute atomic E-state index is 0.0986. The topological polar surface area (TPSA) is 78.9 Å². The van der Waals surface area contributed by atoms with Crippen molar-refractivity contribution in [2.45, 2.75) is 258 Å². The second kappa shape index (κ2) is 54.9. The summed E-state index contributed by atoms with van der Waals surface area (Å²) in [5, 5.41) is 0. The highest BCUT2D eigenvalue weighted by Gasteiger charge is 2.19. The minimum atomic E-state index is -0.803. The van der Waals surface area contributed by atoms with Crippen molar-refractivity contribution in [3.05, 3.63) is 97.2 Å². The molecular formula is C61H102O6. The van der Waals surface area contributed by atoms with E-state index in [0.717, 1.165) is 122 Å². The average Bonchev–Trinajstić information content (AvgIpc) is 3.33. The van der Waals surface area contributed by atoms with Crippen LogP contribution in [-0.2, 0) is 28.6 Å². The summed E-state index contributed by atoms with van der Waals surface area (Å²) in [7, 11) is 0. The summed E-state index contributed by atoms with van der Waals surface area (Å²) in [6.45, 7) is 6.37. The van der Waals surface area contributed by atoms with Gasteiger partial charge in [0.15, 0.2) is 6.10 Å². The lowest BCUT2D eigenvalue weighted by atomic mass is 10.1. The molecule has 67 heavy (non-hydrogen) atoms. The number of allylic oxidation sites excluding steroid dienone is 16. The summed E-state index contributed by atoms with van der Waals surface area (Å²) in [6, 6.07) is 0. The summed E-state index contributed by atoms with van der Waals surface area (Å²) in [4.78, 5) is 38.1. The Morgan fingerprint density at radius 1 is 0.313 bits per heavy atom. The van der Waals surface area contributed by atoms with E-state index in [0.29, 0.717) is 12.8 Å². The number of rotatable bonds is 49. The van der Waals surface area contributed by atoms with Gasteiger partial charge < -0.3 is 14.2 Å². The molecule has 0 spiro atoms. The molecule has 6 nitrogen and oxygen atoms in total. The van der Waals surface area contributed by atoms with Crippen LogP contribution in [0.3, 0.4) is 0 Å². The molecule has 0 rings (SSSR count). The van der Waals surface area contributed by atoms with E-state index >= 15 is 0 Å². The van der Waals surface area contributed by atoms with Gasteiger partial charge in [-0.1, -0.05) is 214 Å². The molecule has 0 aromatic heterocycles. The van der Waals surface area contributed by atoms with Gasteiger partial charge in [0.05, 0.1) is 0 Å². The van der Waals surface area contributed by atoms with E-state index in [-0.39, 0.29) is 37.5 Å². The second-order valence-electron chi connectivity index (χ2n) is 18.1. The Morgan fingerprint density at radius 2 is 0.582 bits per heavy atom. The van der Waals surface area contributed by atoms with Gasteiger partial charge in [-0.15, -0.1) is 0 Å². The molecule has 0 aromatic carbocycles. The van der Waals surface area contributed by atoms with Crippen LogP contribution in [0, 0.1) is 0 Å². The third-order valence-corrected chi connectivity index (χ3v) is 11.6. The van der Waals surface area contributed by atoms with Gasteiger partial charge >= 0.3 is 17.9 Å². The first-order valence-corrected chi connectivity index (χ1v) is 27.7. The molecule has 0 saturated carbocycles. The predicted molar refractivity (Wildman–Crippen MR) is 288 cm³/mol. The van der Waals surface area contributed by atoms with E-state index in [1.807, 2.05) is 0 Å². The Hall–Kier alpha value is -3.67. The summed E-state index contributed by atoms with van der Waals surface area (Å²) in [6.07, 6.45) is 72.5. The van der Waals surface area contributed by atoms with Crippen molar-refractivity contribution in [2.24, 2.45) is 0 Å². The monoisotopic (exact) mass is 931 g/mol. The van der Waals surface area contributed by atoms with Crippen molar-refractivity contribution in [1.29, 1.82) is 0 Å². The lowest BCUT2D eigenvalue weighted by Crippen LogP contribution is -2.30. The maximum atomic E-state index is 12.8. The first kappa shape index (κ1) is 63.3. The van der Waals surface area contributed by atoms with Crippen LogP contribution in [0.15, 0.2) is 97.2 Å². The van der Waals surface area contributed by atoms with Gasteiger partial charge in [-0.05, 0) is 116 Å². The van der Waals surface area contributed by atoms with E-state index in [4.69, 9.17) is 14.2 Å². The molecule has 0 aliphatic rings. The molecule has 0 N–H and O–H groups in total. The molecule has 6 heteroatoms. The lowest BCUT2D eigenvalue weighted by molar-refractivity contribution is -0.167. The Bertz CT molecular complexity index is 1350. The molecule has 1 unspecified atom stereocenters. The van der Waals surface area contributed by atoms with Crippen LogP contribution in [-0.4, -0.2) is 37.2 Å². The number of esters is 3. The van der Waals surface area contributed by atoms with Crippen molar-refractivity contribution in [3.8, 4) is 0 Å². The van der Waals surface area contributed by atoms with E-state index in [2.05, 4.69) is 118 Å². The molecule has 0 bridgehead atoms. The highest BCUT2D eigenvalue weighted by molar-refractivity contribution is 5.71. The van der Waals surface area contributed by atoms with Crippen LogP contribution >= 0.6 is 0 Å². The van der Waals surface area contributed by atoms with Crippen molar-refractivity contribution in [1.82, 2.24) is 0 Å². The number of hydrogen-bond donors (Lipinski definition) is 0. The summed E-state index contributed by atoms with van der Waals surface area (Å²) in [5.41, 5.74) is 0. The molecule has 0 aliphatic heterocycles. The lowest BCUT2D eigenvalue weighted by Gasteiger charge is -2.18. The van der Waals surface area contributed by atoms with Gasteiger partial charge in [-0.2, -0.15) is 0 Å². The molecule has 0 aliphatic carbocycles. The zero-order chi connectivity index (χ0) is 48.6. The predicted octanol–water partition coefficient (Wildman–Crippen LogP) is 18.5. The average molecular weight is 931 g/mol. The third kappa shape index (κ3) is 53.2. The maximum Gasteiger partial charge on any atom is 0.306 e. The fraction of sp³-hybridized carbons (Fsp3) is 0.689. The van der Waals surface area contributed by atoms with Crippen LogP contribution in [0.2, 0.25) is 0 Å². The van der Waals surface area contributed by atoms with Gasteiger partial charge in [0, 0.05) is 19.3 Å². The van der Waals surface area contributed by atoms with Gasteiger partial charge in [0.25, 0.3) is 0 Å². The highest BCUT2D eigenvalue weighted by atomic mass is 16.6. The summed E-state index contributed by atoms with van der Waals surface area (Å²) >= 11 is 0. The maximum absolute atomic E-state index is 12.8. The number of carbonyl (C=O) groups excluding carboxylic acids is 3. The number of ether oxygens (including phenoxy) is 3. The standard InChI is InChI=1S/C61H102O6/c1-4-7-10-13-16-19-22-25-28-30-31-32-34-36-39-42-45-48-51-54-60(63)66-57-58(56-65-59(62)53-50-47-44-41-38-35-27-24-21-18-15-12-9-6-3)67-61(64)55-52-49-46-43-40-37-33-29-26-23-20-17-14-11-8-5-2/h7-8,10-11,16-17,19-20,25-26,28-29,35,37-38,40,58H,4-6,9,12-15,18,21-24,27,30-34,36,39,41-57H2,1-3H3/b10-7-,11-8-,19-16-,20-17-,28-25-,29-26-,38-35-,40-37-. The van der Waals surface area contributed by atoms with Crippen molar-refractivity contribution in [3.63, 3.8) is 0 Å². The SMILES string of the molecule is CC/C=C\C/C=C\C/C=C\C/C=C\CCCCCC(=O)OC(COC(=O)CCCCC/C=C\CCCCCCCCC)COC(=O)CCCCCCCCCCC/C=C\C/C=C\C/C=C\CC. The second-order valence-corrected chi connectivity index (χ2v) is 18.1. The molecular weight excluding hydrogens is 829 g/mol. The number of hydrogen-bond acceptors (Lipinski definition) is 6. The van der Waals surface area contributed by atoms with Crippen LogP contribution in [0.1, 0.15) is 252 Å². The van der Waals surface area contributed by atoms with E-state index in [9.17, 15) is 14.4 Å². The number of carbonyl (C=O) groups is 3. The fourth-order valence-corrected chi connectivity index (χ4v) is 7.44. The van der Waals surface area contributed by atoms with Gasteiger partial charge in [0.2, 0.25) is 0 Å². The first-order valence-electron chi connectivity index (χ1n) is 27.7. The first-order chi connectivity index (χ1) is 33.0. The summed E-state index contributed by atoms with van der Waals surface area (Å²) < 4.78 is 16.8. The molecule has 0 amide bonds. The van der Waals surface area contributed by atoms with Crippen LogP contribution in [0.5, 0.6) is 0 Å². The smallest absolute Gasteiger partial charge is 0.306 e. The molecule has 1 atom stereocenters. The van der Waals surface area contributed by atoms with Crippen molar-refractivity contribution < 1.29 is 28.6 Å². The minimum Gasteiger partial charge on any atom is -0.462 e. The molecule has 382 valence electrons. The summed E-state index contributed by atoms with van der Waals surface area (Å²) in [5.74, 6) is -0.950. The zero-order valence-electron chi connectivity index (χ0n) is 43.6. The molecule has 0 aromatic rings. The van der Waals surface area contributed by atoms with Gasteiger partial charge in [-0.25, -0.2) is 0 Å².